The zero-order valence-corrected chi connectivity index (χ0v) is 43.3. The Morgan fingerprint density at radius 1 is 0.693 bits per heavy atom. The molecule has 29 atom stereocenters. The van der Waals surface area contributed by atoms with E-state index in [1.165, 1.54) is 6.92 Å². The van der Waals surface area contributed by atoms with Gasteiger partial charge in [-0.3, -0.25) is 4.79 Å². The predicted octanol–water partition coefficient (Wildman–Crippen LogP) is -2.90. The molecule has 0 aromatic carbocycles. The van der Waals surface area contributed by atoms with Crippen molar-refractivity contribution >= 4 is 5.97 Å². The molecule has 428 valence electrons. The lowest BCUT2D eigenvalue weighted by Gasteiger charge is -2.71. The molecule has 23 nitrogen and oxygen atoms in total. The predicted molar refractivity (Wildman–Crippen MR) is 254 cm³/mol. The normalized spacial score (nSPS) is 55.1. The molecule has 9 aliphatic rings. The number of carbonyl (C=O) groups excluding carboxylic acids is 1. The van der Waals surface area contributed by atoms with E-state index in [9.17, 15) is 76.3 Å². The maximum atomic E-state index is 14.9. The van der Waals surface area contributed by atoms with E-state index in [0.29, 0.717) is 44.9 Å². The summed E-state index contributed by atoms with van der Waals surface area (Å²) in [4.78, 5) is 14.9. The summed E-state index contributed by atoms with van der Waals surface area (Å²) in [5.74, 6) is -0.927. The quantitative estimate of drug-likeness (QED) is 0.0729. The van der Waals surface area contributed by atoms with Crippen LogP contribution in [0.25, 0.3) is 0 Å². The van der Waals surface area contributed by atoms with Gasteiger partial charge < -0.3 is 109 Å². The first-order valence-corrected chi connectivity index (χ1v) is 26.7. The number of carbonyl (C=O) groups is 1. The Morgan fingerprint density at radius 2 is 1.36 bits per heavy atom. The number of hydrogen-bond acceptors (Lipinski definition) is 23. The van der Waals surface area contributed by atoms with Crippen LogP contribution in [0.5, 0.6) is 0 Å². The van der Waals surface area contributed by atoms with Gasteiger partial charge in [-0.1, -0.05) is 51.5 Å². The van der Waals surface area contributed by atoms with E-state index >= 15 is 0 Å². The van der Waals surface area contributed by atoms with Gasteiger partial charge in [0.2, 0.25) is 6.29 Å². The van der Waals surface area contributed by atoms with Crippen LogP contribution >= 0.6 is 0 Å². The lowest BCUT2D eigenvalue weighted by molar-refractivity contribution is -0.375. The minimum absolute atomic E-state index is 0.0367. The largest absolute Gasteiger partial charge is 0.432 e. The summed E-state index contributed by atoms with van der Waals surface area (Å²) >= 11 is 0. The van der Waals surface area contributed by atoms with Crippen molar-refractivity contribution in [2.24, 2.45) is 44.8 Å². The summed E-state index contributed by atoms with van der Waals surface area (Å²) in [5.41, 5.74) is -0.935. The van der Waals surface area contributed by atoms with Gasteiger partial charge in [-0.15, -0.1) is 0 Å². The highest BCUT2D eigenvalue weighted by Crippen LogP contribution is 2.75. The van der Waals surface area contributed by atoms with Gasteiger partial charge >= 0.3 is 5.97 Å². The molecular weight excluding hydrogens is 993 g/mol. The summed E-state index contributed by atoms with van der Waals surface area (Å²) in [6.07, 6.45) is -26.7. The molecule has 9 rings (SSSR count). The van der Waals surface area contributed by atoms with Gasteiger partial charge in [0.15, 0.2) is 18.9 Å². The molecule has 0 bridgehead atoms. The number of rotatable bonds is 11. The lowest BCUT2D eigenvalue weighted by atomic mass is 9.33. The molecule has 4 aliphatic heterocycles. The molecule has 14 N–H and O–H groups in total. The number of aliphatic hydroxyl groups is 14. The van der Waals surface area contributed by atoms with Crippen LogP contribution in [0.15, 0.2) is 23.8 Å². The van der Waals surface area contributed by atoms with Crippen LogP contribution in [-0.4, -0.2) is 233 Å². The van der Waals surface area contributed by atoms with Gasteiger partial charge in [0, 0.05) is 11.3 Å². The van der Waals surface area contributed by atoms with Crippen molar-refractivity contribution in [2.75, 3.05) is 26.4 Å². The highest BCUT2D eigenvalue weighted by atomic mass is 16.8. The minimum atomic E-state index is -1.95. The molecule has 4 saturated heterocycles. The summed E-state index contributed by atoms with van der Waals surface area (Å²) in [7, 11) is 0. The number of hydrogen-bond donors (Lipinski definition) is 14. The lowest BCUT2D eigenvalue weighted by Crippen LogP contribution is -2.68. The first kappa shape index (κ1) is 57.8. The molecule has 8 fully saturated rings. The van der Waals surface area contributed by atoms with Gasteiger partial charge in [-0.2, -0.15) is 0 Å². The SMILES string of the molecule is C=C1CC[C@]2(C(=O)O[C@@H]3O[C@H](CO[C@@H]4O[C@H](CO)[C@@H](O[C@H]5O[C@@H](C)[C@H](O)[C@@H](O[C@@H]6OC[C@@H](O)[C@H](O)[C@H]6O)[C@H]5O)[C@H](O)[C@H]4O)[C@@H](O)[C@H](O)[C@H]3O)CC[C@]3(C)C(=CC[C@@H]4[C@@]5(C)C[C@@H](O)[C@H](O)[C@@](C)(CO)[C@@H]5CC[C@]43C)[C@@H]2C1. The Morgan fingerprint density at radius 3 is 2.05 bits per heavy atom. The zero-order valence-electron chi connectivity index (χ0n) is 43.3. The third-order valence-corrected chi connectivity index (χ3v) is 20.5. The van der Waals surface area contributed by atoms with Crippen LogP contribution in [0, 0.1) is 44.8 Å². The molecule has 0 amide bonds. The number of esters is 1. The fourth-order valence-electron chi connectivity index (χ4n) is 15.7. The van der Waals surface area contributed by atoms with E-state index in [0.717, 1.165) is 24.0 Å². The standard InChI is InChI=1S/C52H82O23/c1-21-9-12-52(14-13-50(5)23(24(52)15-21)7-8-30-48(3)16-25(55)42(66)49(4,20-54)29(48)10-11-51(30,50)6)47(67)75-45-37(63)34(60)33(59)28(72-45)19-69-43-38(64)35(61)40(27(17-53)71-43)73-46-39(65)41(31(57)22(2)70-46)74-44-36(62)32(58)26(56)18-68-44/h7,22,24-46,53-66H,1,8-20H2,2-6H3/t22-,24-,25+,26+,27+,28+,29+,30+,31-,32-,33+,34-,35+,36+,37+,38+,39+,40+,41+,42-,43+,44-,45-,46+,48-,49-,50+,51+,52-/m0/s1. The molecule has 4 heterocycles. The number of fused-ring (bicyclic) bond motifs is 7. The van der Waals surface area contributed by atoms with Gasteiger partial charge in [-0.25, -0.2) is 0 Å². The van der Waals surface area contributed by atoms with Crippen LogP contribution in [0.4, 0.5) is 0 Å². The molecule has 75 heavy (non-hydrogen) atoms. The molecule has 4 saturated carbocycles. The summed E-state index contributed by atoms with van der Waals surface area (Å²) < 4.78 is 46.0. The Balaban J connectivity index is 0.865. The van der Waals surface area contributed by atoms with Crippen LogP contribution in [0.1, 0.15) is 92.4 Å². The molecule has 0 aromatic rings. The van der Waals surface area contributed by atoms with Crippen molar-refractivity contribution in [1.29, 1.82) is 0 Å². The molecule has 0 unspecified atom stereocenters. The Hall–Kier alpha value is -1.89. The second-order valence-corrected chi connectivity index (χ2v) is 24.4. The topological polar surface area (TPSA) is 374 Å². The van der Waals surface area contributed by atoms with E-state index in [1.54, 1.807) is 0 Å². The fourth-order valence-corrected chi connectivity index (χ4v) is 15.7. The summed E-state index contributed by atoms with van der Waals surface area (Å²) in [6, 6.07) is 0. The maximum absolute atomic E-state index is 14.9. The number of allylic oxidation sites excluding steroid dienone is 3. The highest BCUT2D eigenvalue weighted by Gasteiger charge is 2.71. The molecule has 5 aliphatic carbocycles. The van der Waals surface area contributed by atoms with E-state index in [-0.39, 0.29) is 29.8 Å². The van der Waals surface area contributed by atoms with Gasteiger partial charge in [0.05, 0.1) is 50.2 Å². The molecule has 0 aromatic heterocycles. The third-order valence-electron chi connectivity index (χ3n) is 20.5. The smallest absolute Gasteiger partial charge is 0.315 e. The van der Waals surface area contributed by atoms with E-state index < -0.39 is 176 Å². The number of aliphatic hydroxyl groups excluding tert-OH is 14. The third kappa shape index (κ3) is 9.31. The Kier molecular flexibility index (Phi) is 16.3. The second-order valence-electron chi connectivity index (χ2n) is 24.4. The number of ether oxygens (including phenoxy) is 8. The summed E-state index contributed by atoms with van der Waals surface area (Å²) in [6.45, 7) is 12.2. The average Bonchev–Trinajstić information content (AvgIpc) is 3.37. The molecule has 0 spiro atoms. The van der Waals surface area contributed by atoms with Crippen LogP contribution in [0.3, 0.4) is 0 Å². The van der Waals surface area contributed by atoms with E-state index in [4.69, 9.17) is 37.9 Å². The van der Waals surface area contributed by atoms with Crippen molar-refractivity contribution in [3.63, 3.8) is 0 Å². The van der Waals surface area contributed by atoms with E-state index in [1.807, 2.05) is 6.92 Å². The Bertz CT molecular complexity index is 2100. The van der Waals surface area contributed by atoms with Gasteiger partial charge in [0.1, 0.15) is 85.5 Å². The second kappa shape index (κ2) is 21.2. The first-order chi connectivity index (χ1) is 35.2. The van der Waals surface area contributed by atoms with Crippen molar-refractivity contribution in [3.05, 3.63) is 23.8 Å². The molecule has 0 radical (unpaired) electrons. The summed E-state index contributed by atoms with van der Waals surface area (Å²) in [5, 5.41) is 152. The highest BCUT2D eigenvalue weighted by molar-refractivity contribution is 5.79. The maximum Gasteiger partial charge on any atom is 0.315 e. The van der Waals surface area contributed by atoms with Crippen molar-refractivity contribution in [3.8, 4) is 0 Å². The van der Waals surface area contributed by atoms with Crippen molar-refractivity contribution < 1.29 is 114 Å². The molecule has 23 heteroatoms. The first-order valence-electron chi connectivity index (χ1n) is 26.7. The van der Waals surface area contributed by atoms with E-state index in [2.05, 4.69) is 33.4 Å². The fraction of sp³-hybridized carbons (Fsp3) is 0.904. The van der Waals surface area contributed by atoms with Crippen LogP contribution in [-0.2, 0) is 42.7 Å². The van der Waals surface area contributed by atoms with Crippen LogP contribution in [0.2, 0.25) is 0 Å². The Labute approximate surface area is 435 Å². The molecular formula is C52H82O23. The van der Waals surface area contributed by atoms with Gasteiger partial charge in [0.25, 0.3) is 0 Å². The minimum Gasteiger partial charge on any atom is -0.432 e. The van der Waals surface area contributed by atoms with Crippen LogP contribution < -0.4 is 0 Å². The van der Waals surface area contributed by atoms with Gasteiger partial charge in [-0.05, 0) is 92.8 Å². The van der Waals surface area contributed by atoms with Crippen molar-refractivity contribution in [1.82, 2.24) is 0 Å². The monoisotopic (exact) mass is 1070 g/mol. The van der Waals surface area contributed by atoms with Crippen molar-refractivity contribution in [2.45, 2.75) is 221 Å². The zero-order chi connectivity index (χ0) is 54.6. The average molecular weight is 1080 g/mol.